The van der Waals surface area contributed by atoms with Gasteiger partial charge in [-0.15, -0.1) is 10.2 Å². The van der Waals surface area contributed by atoms with Gasteiger partial charge in [-0.2, -0.15) is 9.61 Å². The van der Waals surface area contributed by atoms with Crippen LogP contribution in [0.25, 0.3) is 16.3 Å². The van der Waals surface area contributed by atoms with Crippen molar-refractivity contribution in [3.05, 3.63) is 29.3 Å². The molecular weight excluding hydrogens is 280 g/mol. The number of hydrogen-bond donors (Lipinski definition) is 1. The number of ether oxygens (including phenoxy) is 1. The van der Waals surface area contributed by atoms with Crippen LogP contribution in [0.4, 0.5) is 0 Å². The molecule has 1 aromatic carbocycles. The summed E-state index contributed by atoms with van der Waals surface area (Å²) in [5.74, 6) is 0.272. The molecule has 0 saturated carbocycles. The summed E-state index contributed by atoms with van der Waals surface area (Å²) >= 11 is 1.21. The number of nitrogens with zero attached hydrogens (tertiary/aromatic N) is 4. The quantitative estimate of drug-likeness (QED) is 0.783. The largest absolute Gasteiger partial charge is 0.496 e. The van der Waals surface area contributed by atoms with E-state index < -0.39 is 5.97 Å². The van der Waals surface area contributed by atoms with E-state index in [4.69, 9.17) is 9.84 Å². The summed E-state index contributed by atoms with van der Waals surface area (Å²) in [7, 11) is 1.58. The van der Waals surface area contributed by atoms with Crippen LogP contribution in [0, 0.1) is 0 Å². The molecule has 0 radical (unpaired) electrons. The molecule has 0 bridgehead atoms. The number of aromatic nitrogens is 4. The third-order valence-electron chi connectivity index (χ3n) is 2.68. The average Bonchev–Trinajstić information content (AvgIpc) is 2.97. The molecule has 2 aromatic heterocycles. The third kappa shape index (κ3) is 2.10. The second-order valence-electron chi connectivity index (χ2n) is 3.98. The number of para-hydroxylation sites is 1. The van der Waals surface area contributed by atoms with E-state index in [1.165, 1.54) is 11.3 Å². The van der Waals surface area contributed by atoms with Gasteiger partial charge in [0, 0.05) is 0 Å². The van der Waals surface area contributed by atoms with Gasteiger partial charge in [-0.05, 0) is 12.1 Å². The van der Waals surface area contributed by atoms with Gasteiger partial charge in [0.1, 0.15) is 10.8 Å². The van der Waals surface area contributed by atoms with Crippen LogP contribution in [-0.4, -0.2) is 38.0 Å². The predicted molar refractivity (Wildman–Crippen MR) is 72.0 cm³/mol. The first-order chi connectivity index (χ1) is 9.69. The Morgan fingerprint density at radius 1 is 1.40 bits per heavy atom. The van der Waals surface area contributed by atoms with Gasteiger partial charge >= 0.3 is 5.97 Å². The van der Waals surface area contributed by atoms with Gasteiger partial charge in [0.2, 0.25) is 4.96 Å². The molecule has 0 aliphatic rings. The lowest BCUT2D eigenvalue weighted by atomic mass is 10.2. The molecule has 3 rings (SSSR count). The van der Waals surface area contributed by atoms with E-state index in [9.17, 15) is 4.79 Å². The van der Waals surface area contributed by atoms with Gasteiger partial charge in [0.15, 0.2) is 5.82 Å². The molecule has 8 heteroatoms. The minimum atomic E-state index is -0.922. The van der Waals surface area contributed by atoms with E-state index in [1.54, 1.807) is 11.6 Å². The van der Waals surface area contributed by atoms with Gasteiger partial charge < -0.3 is 9.84 Å². The van der Waals surface area contributed by atoms with Crippen molar-refractivity contribution in [1.82, 2.24) is 19.8 Å². The van der Waals surface area contributed by atoms with Gasteiger partial charge in [0.25, 0.3) is 0 Å². The number of hydrogen-bond acceptors (Lipinski definition) is 6. The maximum atomic E-state index is 10.7. The number of aliphatic carboxylic acids is 1. The monoisotopic (exact) mass is 290 g/mol. The molecule has 0 aliphatic heterocycles. The zero-order valence-corrected chi connectivity index (χ0v) is 11.3. The standard InChI is InChI=1S/C12H10N4O3S/c1-19-8-5-3-2-4-7(8)11-13-14-12-16(11)15-9(20-12)6-10(17)18/h2-5H,6H2,1H3,(H,17,18). The lowest BCUT2D eigenvalue weighted by molar-refractivity contribution is -0.136. The Morgan fingerprint density at radius 2 is 2.20 bits per heavy atom. The maximum absolute atomic E-state index is 10.7. The predicted octanol–water partition coefficient (Wildman–Crippen LogP) is 1.49. The first-order valence-electron chi connectivity index (χ1n) is 5.75. The van der Waals surface area contributed by atoms with Crippen molar-refractivity contribution in [2.24, 2.45) is 0 Å². The van der Waals surface area contributed by atoms with Crippen molar-refractivity contribution in [1.29, 1.82) is 0 Å². The molecule has 0 atom stereocenters. The summed E-state index contributed by atoms with van der Waals surface area (Å²) in [6, 6.07) is 7.40. The van der Waals surface area contributed by atoms with Gasteiger partial charge in [-0.3, -0.25) is 4.79 Å². The van der Waals surface area contributed by atoms with Crippen molar-refractivity contribution in [2.45, 2.75) is 6.42 Å². The number of carbonyl (C=O) groups is 1. The van der Waals surface area contributed by atoms with Gasteiger partial charge in [-0.1, -0.05) is 23.5 Å². The maximum Gasteiger partial charge on any atom is 0.310 e. The Kier molecular flexibility index (Phi) is 3.07. The number of rotatable bonds is 4. The number of carboxylic acid groups (broad SMARTS) is 1. The van der Waals surface area contributed by atoms with Crippen LogP contribution in [0.15, 0.2) is 24.3 Å². The second kappa shape index (κ2) is 4.89. The molecule has 20 heavy (non-hydrogen) atoms. The molecule has 0 saturated heterocycles. The van der Waals surface area contributed by atoms with E-state index in [2.05, 4.69) is 15.3 Å². The molecule has 2 heterocycles. The van der Waals surface area contributed by atoms with Crippen LogP contribution in [-0.2, 0) is 11.2 Å². The van der Waals surface area contributed by atoms with E-state index >= 15 is 0 Å². The Hall–Kier alpha value is -2.48. The molecule has 3 aromatic rings. The van der Waals surface area contributed by atoms with Crippen molar-refractivity contribution in [3.8, 4) is 17.1 Å². The second-order valence-corrected chi connectivity index (χ2v) is 5.03. The van der Waals surface area contributed by atoms with Crippen molar-refractivity contribution < 1.29 is 14.6 Å². The normalized spacial score (nSPS) is 10.8. The van der Waals surface area contributed by atoms with Gasteiger partial charge in [0.05, 0.1) is 19.1 Å². The summed E-state index contributed by atoms with van der Waals surface area (Å²) in [5.41, 5.74) is 0.759. The zero-order chi connectivity index (χ0) is 14.1. The molecule has 0 unspecified atom stereocenters. The minimum absolute atomic E-state index is 0.126. The van der Waals surface area contributed by atoms with E-state index in [-0.39, 0.29) is 6.42 Å². The van der Waals surface area contributed by atoms with Crippen LogP contribution in [0.2, 0.25) is 0 Å². The lowest BCUT2D eigenvalue weighted by Crippen LogP contribution is -2.01. The summed E-state index contributed by atoms with van der Waals surface area (Å²) in [5, 5.41) is 21.6. The Bertz CT molecular complexity index is 780. The SMILES string of the molecule is COc1ccccc1-c1nnc2sc(CC(=O)O)nn12. The summed E-state index contributed by atoms with van der Waals surface area (Å²) in [6.07, 6.45) is -0.126. The van der Waals surface area contributed by atoms with Crippen molar-refractivity contribution in [2.75, 3.05) is 7.11 Å². The fourth-order valence-electron chi connectivity index (χ4n) is 1.85. The first kappa shape index (κ1) is 12.5. The number of fused-ring (bicyclic) bond motifs is 1. The topological polar surface area (TPSA) is 89.6 Å². The van der Waals surface area contributed by atoms with Crippen LogP contribution in [0.3, 0.4) is 0 Å². The highest BCUT2D eigenvalue weighted by atomic mass is 32.1. The number of carboxylic acids is 1. The van der Waals surface area contributed by atoms with E-state index in [1.807, 2.05) is 24.3 Å². The molecule has 1 N–H and O–H groups in total. The molecule has 0 aliphatic carbocycles. The zero-order valence-electron chi connectivity index (χ0n) is 10.5. The van der Waals surface area contributed by atoms with E-state index in [0.29, 0.717) is 21.5 Å². The minimum Gasteiger partial charge on any atom is -0.496 e. The van der Waals surface area contributed by atoms with Crippen LogP contribution in [0.5, 0.6) is 5.75 Å². The Morgan fingerprint density at radius 3 is 2.95 bits per heavy atom. The van der Waals surface area contributed by atoms with Crippen molar-refractivity contribution >= 4 is 22.3 Å². The summed E-state index contributed by atoms with van der Waals surface area (Å²) in [6.45, 7) is 0. The van der Waals surface area contributed by atoms with E-state index in [0.717, 1.165) is 5.56 Å². The molecule has 0 amide bonds. The number of methoxy groups -OCH3 is 1. The Balaban J connectivity index is 2.11. The van der Waals surface area contributed by atoms with Crippen LogP contribution < -0.4 is 4.74 Å². The highest BCUT2D eigenvalue weighted by Crippen LogP contribution is 2.29. The van der Waals surface area contributed by atoms with Crippen LogP contribution >= 0.6 is 11.3 Å². The highest BCUT2D eigenvalue weighted by molar-refractivity contribution is 7.16. The Labute approximate surface area is 117 Å². The van der Waals surface area contributed by atoms with Crippen LogP contribution in [0.1, 0.15) is 5.01 Å². The number of benzene rings is 1. The fourth-order valence-corrected chi connectivity index (χ4v) is 2.68. The lowest BCUT2D eigenvalue weighted by Gasteiger charge is -2.04. The van der Waals surface area contributed by atoms with Crippen molar-refractivity contribution in [3.63, 3.8) is 0 Å². The molecule has 102 valence electrons. The third-order valence-corrected chi connectivity index (χ3v) is 3.58. The molecule has 0 fully saturated rings. The summed E-state index contributed by atoms with van der Waals surface area (Å²) < 4.78 is 6.83. The summed E-state index contributed by atoms with van der Waals surface area (Å²) in [4.78, 5) is 11.3. The first-order valence-corrected chi connectivity index (χ1v) is 6.57. The highest BCUT2D eigenvalue weighted by Gasteiger charge is 2.17. The molecule has 7 nitrogen and oxygen atoms in total. The molecule has 0 spiro atoms. The van der Waals surface area contributed by atoms with Gasteiger partial charge in [-0.25, -0.2) is 0 Å². The molecular formula is C12H10N4O3S. The fraction of sp³-hybridized carbons (Fsp3) is 0.167. The average molecular weight is 290 g/mol. The smallest absolute Gasteiger partial charge is 0.310 e.